The molecule has 2 aromatic rings. The molecule has 1 aromatic carbocycles. The molecule has 3 N–H and O–H groups in total. The van der Waals surface area contributed by atoms with E-state index in [9.17, 15) is 5.11 Å². The zero-order valence-electron chi connectivity index (χ0n) is 9.77. The number of aryl methyl sites for hydroxylation is 1. The molecule has 0 saturated carbocycles. The minimum atomic E-state index is 0.157. The molecule has 3 nitrogen and oxygen atoms in total. The molecule has 1 heterocycles. The Morgan fingerprint density at radius 2 is 2.19 bits per heavy atom. The van der Waals surface area contributed by atoms with E-state index < -0.39 is 0 Å². The molecule has 0 aliphatic carbocycles. The van der Waals surface area contributed by atoms with Gasteiger partial charge in [-0.2, -0.15) is 0 Å². The smallest absolute Gasteiger partial charge is 0.117 e. The molecular weight excluding hydrogens is 200 g/mol. The Hall–Kier alpha value is -1.48. The second-order valence-corrected chi connectivity index (χ2v) is 4.32. The molecular formula is C13H18N2O. The van der Waals surface area contributed by atoms with Crippen LogP contribution in [0.2, 0.25) is 0 Å². The summed E-state index contributed by atoms with van der Waals surface area (Å²) in [5, 5.41) is 10.7. The highest BCUT2D eigenvalue weighted by molar-refractivity contribution is 5.85. The van der Waals surface area contributed by atoms with Gasteiger partial charge in [0.15, 0.2) is 0 Å². The van der Waals surface area contributed by atoms with Crippen LogP contribution in [-0.4, -0.2) is 15.7 Å². The highest BCUT2D eigenvalue weighted by Gasteiger charge is 2.09. The standard InChI is InChI=1S/C13H18N2O/c1-3-15-8-10(6-9(2)14)12-5-4-11(16)7-13(12)15/h4-5,7-9,16H,3,6,14H2,1-2H3. The Balaban J connectivity index is 2.58. The maximum Gasteiger partial charge on any atom is 0.117 e. The normalized spacial score (nSPS) is 13.2. The zero-order chi connectivity index (χ0) is 11.7. The van der Waals surface area contributed by atoms with Gasteiger partial charge in [-0.1, -0.05) is 0 Å². The van der Waals surface area contributed by atoms with E-state index in [1.165, 1.54) is 10.9 Å². The van der Waals surface area contributed by atoms with Crippen molar-refractivity contribution < 1.29 is 5.11 Å². The summed E-state index contributed by atoms with van der Waals surface area (Å²) in [6.07, 6.45) is 3.00. The first-order valence-electron chi connectivity index (χ1n) is 5.68. The number of nitrogens with zero attached hydrogens (tertiary/aromatic N) is 1. The van der Waals surface area contributed by atoms with Crippen molar-refractivity contribution in [2.75, 3.05) is 0 Å². The molecule has 0 saturated heterocycles. The fourth-order valence-corrected chi connectivity index (χ4v) is 2.13. The maximum absolute atomic E-state index is 9.50. The lowest BCUT2D eigenvalue weighted by Gasteiger charge is -2.02. The third kappa shape index (κ3) is 1.91. The second-order valence-electron chi connectivity index (χ2n) is 4.32. The van der Waals surface area contributed by atoms with Crippen LogP contribution in [0.25, 0.3) is 10.9 Å². The third-order valence-corrected chi connectivity index (χ3v) is 2.83. The predicted octanol–water partition coefficient (Wildman–Crippen LogP) is 2.26. The molecule has 2 rings (SSSR count). The van der Waals surface area contributed by atoms with E-state index in [-0.39, 0.29) is 6.04 Å². The number of hydrogen-bond donors (Lipinski definition) is 2. The Labute approximate surface area is 95.5 Å². The molecule has 0 bridgehead atoms. The summed E-state index contributed by atoms with van der Waals surface area (Å²) in [4.78, 5) is 0. The van der Waals surface area contributed by atoms with Gasteiger partial charge in [0, 0.05) is 30.2 Å². The molecule has 1 aromatic heterocycles. The monoisotopic (exact) mass is 218 g/mol. The third-order valence-electron chi connectivity index (χ3n) is 2.83. The number of fused-ring (bicyclic) bond motifs is 1. The number of aromatic hydroxyl groups is 1. The Morgan fingerprint density at radius 3 is 2.81 bits per heavy atom. The van der Waals surface area contributed by atoms with Crippen molar-refractivity contribution in [2.24, 2.45) is 5.73 Å². The van der Waals surface area contributed by atoms with Gasteiger partial charge in [-0.05, 0) is 38.0 Å². The van der Waals surface area contributed by atoms with Crippen LogP contribution in [0.15, 0.2) is 24.4 Å². The van der Waals surface area contributed by atoms with Crippen molar-refractivity contribution in [1.82, 2.24) is 4.57 Å². The van der Waals surface area contributed by atoms with Gasteiger partial charge in [0.2, 0.25) is 0 Å². The van der Waals surface area contributed by atoms with Gasteiger partial charge in [0.25, 0.3) is 0 Å². The summed E-state index contributed by atoms with van der Waals surface area (Å²) in [5.41, 5.74) is 8.18. The van der Waals surface area contributed by atoms with E-state index in [4.69, 9.17) is 5.73 Å². The summed E-state index contributed by atoms with van der Waals surface area (Å²) in [6, 6.07) is 5.66. The van der Waals surface area contributed by atoms with Crippen molar-refractivity contribution in [1.29, 1.82) is 0 Å². The fraction of sp³-hybridized carbons (Fsp3) is 0.385. The first kappa shape index (κ1) is 11.0. The Bertz CT molecular complexity index is 500. The first-order chi connectivity index (χ1) is 7.61. The number of aromatic nitrogens is 1. The highest BCUT2D eigenvalue weighted by atomic mass is 16.3. The van der Waals surface area contributed by atoms with E-state index in [2.05, 4.69) is 17.7 Å². The van der Waals surface area contributed by atoms with Crippen LogP contribution in [-0.2, 0) is 13.0 Å². The molecule has 0 amide bonds. The van der Waals surface area contributed by atoms with Crippen LogP contribution in [0.1, 0.15) is 19.4 Å². The summed E-state index contributed by atoms with van der Waals surface area (Å²) >= 11 is 0. The molecule has 0 spiro atoms. The summed E-state index contributed by atoms with van der Waals surface area (Å²) in [6.45, 7) is 5.01. The van der Waals surface area contributed by atoms with Gasteiger partial charge < -0.3 is 15.4 Å². The van der Waals surface area contributed by atoms with Gasteiger partial charge in [-0.3, -0.25) is 0 Å². The molecule has 1 unspecified atom stereocenters. The number of benzene rings is 1. The first-order valence-corrected chi connectivity index (χ1v) is 5.68. The van der Waals surface area contributed by atoms with Gasteiger partial charge in [-0.15, -0.1) is 0 Å². The van der Waals surface area contributed by atoms with Gasteiger partial charge in [0.05, 0.1) is 5.52 Å². The summed E-state index contributed by atoms with van der Waals surface area (Å²) in [7, 11) is 0. The lowest BCUT2D eigenvalue weighted by molar-refractivity contribution is 0.476. The number of nitrogens with two attached hydrogens (primary N) is 1. The van der Waals surface area contributed by atoms with E-state index in [1.54, 1.807) is 6.07 Å². The number of phenols is 1. The second kappa shape index (κ2) is 4.18. The highest BCUT2D eigenvalue weighted by Crippen LogP contribution is 2.26. The van der Waals surface area contributed by atoms with Crippen LogP contribution in [0.3, 0.4) is 0 Å². The minimum absolute atomic E-state index is 0.157. The number of phenolic OH excluding ortho intramolecular Hbond substituents is 1. The van der Waals surface area contributed by atoms with Crippen LogP contribution in [0.5, 0.6) is 5.75 Å². The molecule has 1 atom stereocenters. The van der Waals surface area contributed by atoms with E-state index >= 15 is 0 Å². The topological polar surface area (TPSA) is 51.2 Å². The van der Waals surface area contributed by atoms with Crippen molar-refractivity contribution >= 4 is 10.9 Å². The Morgan fingerprint density at radius 1 is 1.44 bits per heavy atom. The van der Waals surface area contributed by atoms with Crippen LogP contribution < -0.4 is 5.73 Å². The summed E-state index contributed by atoms with van der Waals surface area (Å²) < 4.78 is 2.15. The predicted molar refractivity (Wildman–Crippen MR) is 66.6 cm³/mol. The van der Waals surface area contributed by atoms with Crippen molar-refractivity contribution in [3.63, 3.8) is 0 Å². The lowest BCUT2D eigenvalue weighted by atomic mass is 10.1. The largest absolute Gasteiger partial charge is 0.508 e. The van der Waals surface area contributed by atoms with Crippen LogP contribution >= 0.6 is 0 Å². The number of hydrogen-bond acceptors (Lipinski definition) is 2. The van der Waals surface area contributed by atoms with Gasteiger partial charge in [-0.25, -0.2) is 0 Å². The van der Waals surface area contributed by atoms with Crippen LogP contribution in [0.4, 0.5) is 0 Å². The molecule has 0 radical (unpaired) electrons. The molecule has 0 fully saturated rings. The maximum atomic E-state index is 9.50. The van der Waals surface area contributed by atoms with E-state index in [1.807, 2.05) is 19.1 Å². The van der Waals surface area contributed by atoms with Crippen LogP contribution in [0, 0.1) is 0 Å². The van der Waals surface area contributed by atoms with Crippen molar-refractivity contribution in [3.8, 4) is 5.75 Å². The number of rotatable bonds is 3. The Kier molecular flexibility index (Phi) is 2.88. The molecule has 0 aliphatic rings. The average molecular weight is 218 g/mol. The summed E-state index contributed by atoms with van der Waals surface area (Å²) in [5.74, 6) is 0.313. The molecule has 86 valence electrons. The molecule has 3 heteroatoms. The van der Waals surface area contributed by atoms with E-state index in [0.29, 0.717) is 5.75 Å². The molecule has 0 aliphatic heterocycles. The SMILES string of the molecule is CCn1cc(CC(C)N)c2ccc(O)cc21. The van der Waals surface area contributed by atoms with Gasteiger partial charge >= 0.3 is 0 Å². The van der Waals surface area contributed by atoms with E-state index in [0.717, 1.165) is 18.5 Å². The van der Waals surface area contributed by atoms with Crippen molar-refractivity contribution in [3.05, 3.63) is 30.0 Å². The fourth-order valence-electron chi connectivity index (χ4n) is 2.13. The van der Waals surface area contributed by atoms with Gasteiger partial charge in [0.1, 0.15) is 5.75 Å². The minimum Gasteiger partial charge on any atom is -0.508 e. The zero-order valence-corrected chi connectivity index (χ0v) is 9.77. The quantitative estimate of drug-likeness (QED) is 0.830. The lowest BCUT2D eigenvalue weighted by Crippen LogP contribution is -2.17. The average Bonchev–Trinajstić information content (AvgIpc) is 2.55. The van der Waals surface area contributed by atoms with Crippen molar-refractivity contribution in [2.45, 2.75) is 32.9 Å². The molecule has 16 heavy (non-hydrogen) atoms.